The number of nitrogens with zero attached hydrogens (tertiary/aromatic N) is 1. The van der Waals surface area contributed by atoms with Crippen LogP contribution in [0.5, 0.6) is 0 Å². The first-order valence-electron chi connectivity index (χ1n) is 7.39. The molecule has 1 fully saturated rings. The molecule has 0 aliphatic carbocycles. The van der Waals surface area contributed by atoms with Gasteiger partial charge in [0.25, 0.3) is 0 Å². The maximum Gasteiger partial charge on any atom is 0.246 e. The molecule has 4 nitrogen and oxygen atoms in total. The summed E-state index contributed by atoms with van der Waals surface area (Å²) in [6.45, 7) is -0.400. The molecule has 2 aromatic carbocycles. The molecule has 7 heteroatoms. The van der Waals surface area contributed by atoms with Gasteiger partial charge in [-0.3, -0.25) is 0 Å². The van der Waals surface area contributed by atoms with E-state index in [-0.39, 0.29) is 23.4 Å². The number of hydrogen-bond donors (Lipinski definition) is 0. The lowest BCUT2D eigenvalue weighted by atomic mass is 10.1. The molecule has 3 rings (SSSR count). The molecule has 2 aromatic rings. The lowest BCUT2D eigenvalue weighted by Gasteiger charge is -2.22. The van der Waals surface area contributed by atoms with Crippen LogP contribution in [-0.2, 0) is 14.8 Å². The Bertz CT molecular complexity index is 810. The second-order valence-electron chi connectivity index (χ2n) is 5.46. The molecule has 0 saturated carbocycles. The monoisotopic (exact) mass is 341 g/mol. The van der Waals surface area contributed by atoms with Gasteiger partial charge in [0.2, 0.25) is 10.0 Å². The molecule has 124 valence electrons. The smallest absolute Gasteiger partial charge is 0.246 e. The molecule has 0 aromatic heterocycles. The number of hydrogen-bond acceptors (Lipinski definition) is 3. The Balaban J connectivity index is 2.03. The van der Waals surface area contributed by atoms with Gasteiger partial charge in [0, 0.05) is 25.1 Å². The number of halogens is 2. The number of sulfonamides is 1. The van der Waals surface area contributed by atoms with Crippen LogP contribution in [-0.4, -0.2) is 45.2 Å². The van der Waals surface area contributed by atoms with Gasteiger partial charge in [-0.1, -0.05) is 30.3 Å². The van der Waals surface area contributed by atoms with Crippen molar-refractivity contribution in [3.63, 3.8) is 0 Å². The normalized spacial score (nSPS) is 20.5. The van der Waals surface area contributed by atoms with Crippen LogP contribution in [0.4, 0.5) is 8.78 Å². The second-order valence-corrected chi connectivity index (χ2v) is 7.37. The third kappa shape index (κ3) is 3.08. The number of benzene rings is 2. The summed E-state index contributed by atoms with van der Waals surface area (Å²) in [6.07, 6.45) is -0.360. The third-order valence-electron chi connectivity index (χ3n) is 3.93. The van der Waals surface area contributed by atoms with E-state index in [0.29, 0.717) is 18.4 Å². The highest BCUT2D eigenvalue weighted by Crippen LogP contribution is 2.27. The van der Waals surface area contributed by atoms with E-state index >= 15 is 0 Å². The molecule has 23 heavy (non-hydrogen) atoms. The summed E-state index contributed by atoms with van der Waals surface area (Å²) in [5, 5.41) is 0.881. The lowest BCUT2D eigenvalue weighted by Crippen LogP contribution is -2.38. The Hall–Kier alpha value is -1.57. The van der Waals surface area contributed by atoms with Crippen molar-refractivity contribution in [3.8, 4) is 0 Å². The van der Waals surface area contributed by atoms with Gasteiger partial charge in [-0.2, -0.15) is 4.31 Å². The van der Waals surface area contributed by atoms with Gasteiger partial charge in [0.15, 0.2) is 5.82 Å². The second kappa shape index (κ2) is 6.51. The first-order valence-corrected chi connectivity index (χ1v) is 8.83. The highest BCUT2D eigenvalue weighted by molar-refractivity contribution is 7.89. The van der Waals surface area contributed by atoms with Gasteiger partial charge in [0.1, 0.15) is 11.6 Å². The lowest BCUT2D eigenvalue weighted by molar-refractivity contribution is 0.0437. The molecule has 0 amide bonds. The Morgan fingerprint density at radius 3 is 2.78 bits per heavy atom. The molecule has 0 radical (unpaired) electrons. The standard InChI is InChI=1S/C16H17F2NO3S/c17-10-13-11-19(8-3-9-22-13)23(20,21)15-7-6-12-4-1-2-5-14(12)16(15)18/h1-2,4-7,13H,3,8-11H2. The SMILES string of the molecule is O=S(=O)(c1ccc2ccccc2c1F)N1CCCOC(CF)C1. The van der Waals surface area contributed by atoms with Crippen molar-refractivity contribution in [1.82, 2.24) is 4.31 Å². The van der Waals surface area contributed by atoms with E-state index in [1.54, 1.807) is 30.3 Å². The average molecular weight is 341 g/mol. The predicted molar refractivity (Wildman–Crippen MR) is 83.0 cm³/mol. The molecule has 1 saturated heterocycles. The maximum atomic E-state index is 14.7. The van der Waals surface area contributed by atoms with Gasteiger partial charge in [-0.25, -0.2) is 17.2 Å². The Labute approximate surface area is 133 Å². The zero-order valence-corrected chi connectivity index (χ0v) is 13.2. The molecule has 0 spiro atoms. The predicted octanol–water partition coefficient (Wildman–Crippen LogP) is 2.73. The molecule has 1 atom stereocenters. The zero-order valence-electron chi connectivity index (χ0n) is 12.4. The molecular weight excluding hydrogens is 324 g/mol. The van der Waals surface area contributed by atoms with Crippen LogP contribution in [0.2, 0.25) is 0 Å². The van der Waals surface area contributed by atoms with E-state index in [9.17, 15) is 17.2 Å². The van der Waals surface area contributed by atoms with Crippen LogP contribution < -0.4 is 0 Å². The van der Waals surface area contributed by atoms with Crippen molar-refractivity contribution in [2.45, 2.75) is 17.4 Å². The molecule has 1 unspecified atom stereocenters. The number of ether oxygens (including phenoxy) is 1. The fourth-order valence-electron chi connectivity index (χ4n) is 2.73. The van der Waals surface area contributed by atoms with Crippen molar-refractivity contribution >= 4 is 20.8 Å². The Morgan fingerprint density at radius 2 is 2.00 bits per heavy atom. The number of alkyl halides is 1. The fourth-order valence-corrected chi connectivity index (χ4v) is 4.31. The van der Waals surface area contributed by atoms with Crippen LogP contribution >= 0.6 is 0 Å². The van der Waals surface area contributed by atoms with Gasteiger partial charge < -0.3 is 4.74 Å². The minimum Gasteiger partial charge on any atom is -0.374 e. The summed E-state index contributed by atoms with van der Waals surface area (Å²) >= 11 is 0. The fraction of sp³-hybridized carbons (Fsp3) is 0.375. The van der Waals surface area contributed by atoms with Gasteiger partial charge in [0.05, 0.1) is 6.10 Å². The molecule has 0 bridgehead atoms. The van der Waals surface area contributed by atoms with Crippen molar-refractivity contribution in [2.75, 3.05) is 26.4 Å². The van der Waals surface area contributed by atoms with Crippen LogP contribution in [0.25, 0.3) is 10.8 Å². The molecule has 1 aliphatic rings. The van der Waals surface area contributed by atoms with E-state index in [2.05, 4.69) is 0 Å². The Morgan fingerprint density at radius 1 is 1.22 bits per heavy atom. The largest absolute Gasteiger partial charge is 0.374 e. The van der Waals surface area contributed by atoms with E-state index in [1.807, 2.05) is 0 Å². The van der Waals surface area contributed by atoms with E-state index in [0.717, 1.165) is 4.31 Å². The molecular formula is C16H17F2NO3S. The summed E-state index contributed by atoms with van der Waals surface area (Å²) in [7, 11) is -4.04. The number of rotatable bonds is 3. The van der Waals surface area contributed by atoms with E-state index in [4.69, 9.17) is 4.74 Å². The van der Waals surface area contributed by atoms with Gasteiger partial charge in [-0.05, 0) is 17.9 Å². The van der Waals surface area contributed by atoms with Crippen LogP contribution in [0.3, 0.4) is 0 Å². The van der Waals surface area contributed by atoms with E-state index in [1.165, 1.54) is 6.07 Å². The Kier molecular flexibility index (Phi) is 4.61. The molecule has 0 N–H and O–H groups in total. The zero-order chi connectivity index (χ0) is 16.4. The summed E-state index contributed by atoms with van der Waals surface area (Å²) in [5.74, 6) is -0.773. The van der Waals surface area contributed by atoms with Gasteiger partial charge in [-0.15, -0.1) is 0 Å². The van der Waals surface area contributed by atoms with Crippen molar-refractivity contribution in [1.29, 1.82) is 0 Å². The van der Waals surface area contributed by atoms with Crippen molar-refractivity contribution < 1.29 is 21.9 Å². The van der Waals surface area contributed by atoms with Crippen LogP contribution in [0.1, 0.15) is 6.42 Å². The highest BCUT2D eigenvalue weighted by atomic mass is 32.2. The highest BCUT2D eigenvalue weighted by Gasteiger charge is 2.31. The molecule has 1 aliphatic heterocycles. The minimum absolute atomic E-state index is 0.106. The first-order chi connectivity index (χ1) is 11.0. The quantitative estimate of drug-likeness (QED) is 0.862. The maximum absolute atomic E-state index is 14.7. The summed E-state index contributed by atoms with van der Waals surface area (Å²) in [5.41, 5.74) is 0. The van der Waals surface area contributed by atoms with Gasteiger partial charge >= 0.3 is 0 Å². The summed E-state index contributed by atoms with van der Waals surface area (Å²) < 4.78 is 59.5. The van der Waals surface area contributed by atoms with Crippen LogP contribution in [0, 0.1) is 5.82 Å². The number of fused-ring (bicyclic) bond motifs is 1. The average Bonchev–Trinajstić information content (AvgIpc) is 2.81. The summed E-state index contributed by atoms with van der Waals surface area (Å²) in [4.78, 5) is -0.379. The van der Waals surface area contributed by atoms with Crippen molar-refractivity contribution in [3.05, 3.63) is 42.2 Å². The summed E-state index contributed by atoms with van der Waals surface area (Å²) in [6, 6.07) is 9.51. The van der Waals surface area contributed by atoms with Crippen molar-refractivity contribution in [2.24, 2.45) is 0 Å². The first kappa shape index (κ1) is 16.3. The van der Waals surface area contributed by atoms with Crippen LogP contribution in [0.15, 0.2) is 41.3 Å². The molecule has 1 heterocycles. The third-order valence-corrected chi connectivity index (χ3v) is 5.81. The minimum atomic E-state index is -4.04. The topological polar surface area (TPSA) is 46.6 Å². The van der Waals surface area contributed by atoms with E-state index < -0.39 is 28.6 Å².